The lowest BCUT2D eigenvalue weighted by Crippen LogP contribution is -2.35. The van der Waals surface area contributed by atoms with Crippen LogP contribution in [-0.4, -0.2) is 31.8 Å². The molecule has 2 aromatic rings. The van der Waals surface area contributed by atoms with E-state index in [9.17, 15) is 4.39 Å². The zero-order chi connectivity index (χ0) is 18.4. The van der Waals surface area contributed by atoms with Gasteiger partial charge in [0, 0.05) is 31.8 Å². The Morgan fingerprint density at radius 1 is 1.12 bits per heavy atom. The van der Waals surface area contributed by atoms with E-state index in [1.807, 2.05) is 31.2 Å². The van der Waals surface area contributed by atoms with Crippen LogP contribution in [0, 0.1) is 5.82 Å². The highest BCUT2D eigenvalue weighted by Gasteiger charge is 2.20. The second kappa shape index (κ2) is 9.39. The fraction of sp³-hybridized carbons (Fsp3) is 0.368. The first kappa shape index (κ1) is 20.0. The van der Waals surface area contributed by atoms with Gasteiger partial charge in [0.25, 0.3) is 0 Å². The Bertz CT molecular complexity index is 712. The number of ether oxygens (including phenoxy) is 2. The average molecular weight is 386 g/mol. The largest absolute Gasteiger partial charge is 0.497 e. The topological polar surface area (TPSA) is 21.7 Å². The summed E-state index contributed by atoms with van der Waals surface area (Å²) in [6.45, 7) is 3.47. The van der Waals surface area contributed by atoms with E-state index in [0.29, 0.717) is 30.3 Å². The van der Waals surface area contributed by atoms with E-state index in [2.05, 4.69) is 4.90 Å². The van der Waals surface area contributed by atoms with E-state index in [1.54, 1.807) is 14.2 Å². The lowest BCUT2D eigenvalue weighted by molar-refractivity contribution is 0.0887. The van der Waals surface area contributed by atoms with Crippen molar-refractivity contribution in [3.8, 4) is 5.75 Å². The molecule has 0 spiro atoms. The molecule has 0 saturated heterocycles. The van der Waals surface area contributed by atoms with E-state index >= 15 is 0 Å². The maximum absolute atomic E-state index is 14.3. The minimum atomic E-state index is -0.366. The molecule has 2 aromatic carbocycles. The monoisotopic (exact) mass is 385 g/mol. The van der Waals surface area contributed by atoms with Gasteiger partial charge >= 0.3 is 0 Å². The van der Waals surface area contributed by atoms with Crippen LogP contribution in [0.15, 0.2) is 36.4 Å². The van der Waals surface area contributed by atoms with Gasteiger partial charge in [0.2, 0.25) is 0 Å². The zero-order valence-corrected chi connectivity index (χ0v) is 16.1. The number of benzene rings is 2. The minimum Gasteiger partial charge on any atom is -0.497 e. The normalized spacial score (nSPS) is 12.4. The average Bonchev–Trinajstić information content (AvgIpc) is 2.61. The SMILES string of the molecule is COCC(C)N(Cc1cccc(OC)c1)Cc1c(F)ccc(Cl)c1Cl. The first-order valence-electron chi connectivity index (χ1n) is 7.94. The van der Waals surface area contributed by atoms with Crippen LogP contribution in [0.25, 0.3) is 0 Å². The highest BCUT2D eigenvalue weighted by molar-refractivity contribution is 6.42. The lowest BCUT2D eigenvalue weighted by atomic mass is 10.1. The molecule has 0 aromatic heterocycles. The maximum atomic E-state index is 14.3. The van der Waals surface area contributed by atoms with Crippen LogP contribution in [0.1, 0.15) is 18.1 Å². The Balaban J connectivity index is 2.28. The molecule has 3 nitrogen and oxygen atoms in total. The molecule has 1 atom stereocenters. The van der Waals surface area contributed by atoms with Gasteiger partial charge in [-0.3, -0.25) is 4.90 Å². The lowest BCUT2D eigenvalue weighted by Gasteiger charge is -2.29. The summed E-state index contributed by atoms with van der Waals surface area (Å²) < 4.78 is 24.8. The second-order valence-electron chi connectivity index (χ2n) is 5.88. The van der Waals surface area contributed by atoms with E-state index < -0.39 is 0 Å². The molecule has 0 heterocycles. The Hall–Kier alpha value is -1.33. The fourth-order valence-corrected chi connectivity index (χ4v) is 3.03. The molecule has 0 aliphatic carbocycles. The summed E-state index contributed by atoms with van der Waals surface area (Å²) in [5.41, 5.74) is 1.45. The van der Waals surface area contributed by atoms with E-state index in [0.717, 1.165) is 11.3 Å². The van der Waals surface area contributed by atoms with Gasteiger partial charge in [0.05, 0.1) is 23.8 Å². The number of hydrogen-bond donors (Lipinski definition) is 0. The smallest absolute Gasteiger partial charge is 0.129 e. The van der Waals surface area contributed by atoms with Gasteiger partial charge in [-0.2, -0.15) is 0 Å². The van der Waals surface area contributed by atoms with Crippen molar-refractivity contribution >= 4 is 23.2 Å². The van der Waals surface area contributed by atoms with Crippen molar-refractivity contribution in [3.05, 3.63) is 63.4 Å². The quantitative estimate of drug-likeness (QED) is 0.584. The third-order valence-corrected chi connectivity index (χ3v) is 4.89. The van der Waals surface area contributed by atoms with Crippen LogP contribution in [0.3, 0.4) is 0 Å². The third-order valence-electron chi connectivity index (χ3n) is 4.05. The van der Waals surface area contributed by atoms with Gasteiger partial charge < -0.3 is 9.47 Å². The minimum absolute atomic E-state index is 0.0608. The Morgan fingerprint density at radius 2 is 1.88 bits per heavy atom. The highest BCUT2D eigenvalue weighted by Crippen LogP contribution is 2.30. The molecule has 0 saturated carbocycles. The van der Waals surface area contributed by atoms with Crippen molar-refractivity contribution < 1.29 is 13.9 Å². The van der Waals surface area contributed by atoms with Gasteiger partial charge in [-0.05, 0) is 36.8 Å². The maximum Gasteiger partial charge on any atom is 0.129 e. The summed E-state index contributed by atoms with van der Waals surface area (Å²) in [6.07, 6.45) is 0. The molecular weight excluding hydrogens is 364 g/mol. The highest BCUT2D eigenvalue weighted by atomic mass is 35.5. The number of rotatable bonds is 8. The van der Waals surface area contributed by atoms with Crippen LogP contribution < -0.4 is 4.74 Å². The summed E-state index contributed by atoms with van der Waals surface area (Å²) in [4.78, 5) is 2.10. The number of halogens is 3. The molecule has 2 rings (SSSR count). The first-order valence-corrected chi connectivity index (χ1v) is 8.70. The second-order valence-corrected chi connectivity index (χ2v) is 6.67. The van der Waals surface area contributed by atoms with Crippen LogP contribution >= 0.6 is 23.2 Å². The summed E-state index contributed by atoms with van der Waals surface area (Å²) >= 11 is 12.3. The molecule has 0 aliphatic rings. The van der Waals surface area contributed by atoms with Crippen molar-refractivity contribution in [3.63, 3.8) is 0 Å². The number of hydrogen-bond acceptors (Lipinski definition) is 3. The van der Waals surface area contributed by atoms with Crippen LogP contribution in [0.2, 0.25) is 10.0 Å². The Kier molecular flexibility index (Phi) is 7.51. The van der Waals surface area contributed by atoms with Gasteiger partial charge in [-0.25, -0.2) is 4.39 Å². The predicted molar refractivity (Wildman–Crippen MR) is 100.0 cm³/mol. The molecule has 0 aliphatic heterocycles. The van der Waals surface area contributed by atoms with Crippen molar-refractivity contribution in [1.82, 2.24) is 4.90 Å². The molecule has 0 N–H and O–H groups in total. The van der Waals surface area contributed by atoms with Crippen LogP contribution in [-0.2, 0) is 17.8 Å². The number of nitrogens with zero attached hydrogens (tertiary/aromatic N) is 1. The van der Waals surface area contributed by atoms with Crippen LogP contribution in [0.5, 0.6) is 5.75 Å². The van der Waals surface area contributed by atoms with E-state index in [4.69, 9.17) is 32.7 Å². The number of methoxy groups -OCH3 is 2. The Morgan fingerprint density at radius 3 is 2.56 bits per heavy atom. The first-order chi connectivity index (χ1) is 12.0. The Labute approximate surface area is 158 Å². The zero-order valence-electron chi connectivity index (χ0n) is 14.6. The van der Waals surface area contributed by atoms with Crippen molar-refractivity contribution in [2.24, 2.45) is 0 Å². The van der Waals surface area contributed by atoms with E-state index in [1.165, 1.54) is 12.1 Å². The molecule has 1 unspecified atom stereocenters. The molecule has 136 valence electrons. The fourth-order valence-electron chi connectivity index (χ4n) is 2.64. The third kappa shape index (κ3) is 5.32. The van der Waals surface area contributed by atoms with Gasteiger partial charge in [-0.1, -0.05) is 35.3 Å². The van der Waals surface area contributed by atoms with Crippen molar-refractivity contribution in [2.75, 3.05) is 20.8 Å². The summed E-state index contributed by atoms with van der Waals surface area (Å²) in [7, 11) is 3.28. The summed E-state index contributed by atoms with van der Waals surface area (Å²) in [5, 5.41) is 0.598. The van der Waals surface area contributed by atoms with Crippen molar-refractivity contribution in [1.29, 1.82) is 0 Å². The molecule has 0 radical (unpaired) electrons. The molecule has 0 amide bonds. The van der Waals surface area contributed by atoms with E-state index in [-0.39, 0.29) is 16.9 Å². The van der Waals surface area contributed by atoms with Gasteiger partial charge in [0.1, 0.15) is 11.6 Å². The van der Waals surface area contributed by atoms with Crippen molar-refractivity contribution in [2.45, 2.75) is 26.1 Å². The standard InChI is InChI=1S/C19H22Cl2FNO2/c1-13(12-24-2)23(10-14-5-4-6-15(9-14)25-3)11-16-18(22)8-7-17(20)19(16)21/h4-9,13H,10-12H2,1-3H3. The molecule has 25 heavy (non-hydrogen) atoms. The van der Waals surface area contributed by atoms with Gasteiger partial charge in [-0.15, -0.1) is 0 Å². The molecule has 0 fully saturated rings. The molecular formula is C19H22Cl2FNO2. The predicted octanol–water partition coefficient (Wildman–Crippen LogP) is 5.18. The molecule has 0 bridgehead atoms. The van der Waals surface area contributed by atoms with Crippen LogP contribution in [0.4, 0.5) is 4.39 Å². The summed E-state index contributed by atoms with van der Waals surface area (Å²) in [6, 6.07) is 10.7. The van der Waals surface area contributed by atoms with Gasteiger partial charge in [0.15, 0.2) is 0 Å². The molecule has 6 heteroatoms. The summed E-state index contributed by atoms with van der Waals surface area (Å²) in [5.74, 6) is 0.415.